The standard InChI is InChI=1S/C19H20N2O2/c1-15-7-9-17(10-8-15)12-14-19(23)21-20-18(22)13-11-16-5-3-2-4-6-16/h2-10,12,14H,11,13H2,1H3,(H,20,22)(H,21,23). The van der Waals surface area contributed by atoms with Crippen LogP contribution in [0.15, 0.2) is 60.7 Å². The van der Waals surface area contributed by atoms with E-state index in [0.717, 1.165) is 16.7 Å². The monoisotopic (exact) mass is 308 g/mol. The molecule has 2 aromatic rings. The lowest BCUT2D eigenvalue weighted by Crippen LogP contribution is -2.40. The van der Waals surface area contributed by atoms with Crippen LogP contribution in [0.2, 0.25) is 0 Å². The topological polar surface area (TPSA) is 58.2 Å². The van der Waals surface area contributed by atoms with Crippen LogP contribution in [0, 0.1) is 6.92 Å². The second-order valence-electron chi connectivity index (χ2n) is 5.27. The number of hydrazine groups is 1. The number of hydrogen-bond acceptors (Lipinski definition) is 2. The van der Waals surface area contributed by atoms with Crippen LogP contribution in [-0.4, -0.2) is 11.8 Å². The van der Waals surface area contributed by atoms with Gasteiger partial charge in [0.1, 0.15) is 0 Å². The lowest BCUT2D eigenvalue weighted by Gasteiger charge is -2.05. The summed E-state index contributed by atoms with van der Waals surface area (Å²) < 4.78 is 0. The van der Waals surface area contributed by atoms with Crippen LogP contribution in [0.1, 0.15) is 23.1 Å². The molecule has 0 saturated carbocycles. The van der Waals surface area contributed by atoms with Crippen molar-refractivity contribution in [2.45, 2.75) is 19.8 Å². The van der Waals surface area contributed by atoms with Crippen LogP contribution in [0.5, 0.6) is 0 Å². The maximum absolute atomic E-state index is 11.7. The number of benzene rings is 2. The molecule has 23 heavy (non-hydrogen) atoms. The molecule has 2 rings (SSSR count). The highest BCUT2D eigenvalue weighted by Gasteiger charge is 2.03. The SMILES string of the molecule is Cc1ccc(C=CC(=O)NNC(=O)CCc2ccccc2)cc1. The summed E-state index contributed by atoms with van der Waals surface area (Å²) in [6.45, 7) is 2.01. The fraction of sp³-hybridized carbons (Fsp3) is 0.158. The summed E-state index contributed by atoms with van der Waals surface area (Å²) in [5.74, 6) is -0.579. The van der Waals surface area contributed by atoms with Crippen molar-refractivity contribution in [2.75, 3.05) is 0 Å². The van der Waals surface area contributed by atoms with Crippen molar-refractivity contribution in [2.24, 2.45) is 0 Å². The van der Waals surface area contributed by atoms with Crippen LogP contribution < -0.4 is 10.9 Å². The van der Waals surface area contributed by atoms with E-state index in [1.807, 2.05) is 61.5 Å². The first kappa shape index (κ1) is 16.5. The van der Waals surface area contributed by atoms with E-state index in [2.05, 4.69) is 10.9 Å². The second kappa shape index (κ2) is 8.54. The van der Waals surface area contributed by atoms with Crippen molar-refractivity contribution in [1.82, 2.24) is 10.9 Å². The molecular weight excluding hydrogens is 288 g/mol. The normalized spacial score (nSPS) is 10.5. The number of rotatable bonds is 5. The minimum atomic E-state index is -0.362. The molecule has 118 valence electrons. The fourth-order valence-electron chi connectivity index (χ4n) is 1.99. The summed E-state index contributed by atoms with van der Waals surface area (Å²) in [5.41, 5.74) is 7.97. The van der Waals surface area contributed by atoms with Crippen molar-refractivity contribution in [3.05, 3.63) is 77.4 Å². The molecular formula is C19H20N2O2. The first-order valence-electron chi connectivity index (χ1n) is 7.51. The van der Waals surface area contributed by atoms with Gasteiger partial charge in [0, 0.05) is 12.5 Å². The number of amides is 2. The lowest BCUT2D eigenvalue weighted by molar-refractivity contribution is -0.126. The third-order valence-corrected chi connectivity index (χ3v) is 3.31. The predicted molar refractivity (Wildman–Crippen MR) is 91.3 cm³/mol. The van der Waals surface area contributed by atoms with E-state index in [4.69, 9.17) is 0 Å². The Morgan fingerprint density at radius 1 is 0.957 bits per heavy atom. The Morgan fingerprint density at radius 2 is 1.65 bits per heavy atom. The first-order valence-corrected chi connectivity index (χ1v) is 7.51. The third kappa shape index (κ3) is 6.18. The molecule has 0 spiro atoms. The Morgan fingerprint density at radius 3 is 2.35 bits per heavy atom. The molecule has 0 atom stereocenters. The molecule has 4 heteroatoms. The molecule has 0 radical (unpaired) electrons. The average Bonchev–Trinajstić information content (AvgIpc) is 2.58. The maximum atomic E-state index is 11.7. The lowest BCUT2D eigenvalue weighted by atomic mass is 10.1. The van der Waals surface area contributed by atoms with Gasteiger partial charge in [0.05, 0.1) is 0 Å². The van der Waals surface area contributed by atoms with Crippen molar-refractivity contribution in [3.63, 3.8) is 0 Å². The molecule has 2 N–H and O–H groups in total. The van der Waals surface area contributed by atoms with Gasteiger partial charge >= 0.3 is 0 Å². The molecule has 0 fully saturated rings. The summed E-state index contributed by atoms with van der Waals surface area (Å²) in [6.07, 6.45) is 4.06. The smallest absolute Gasteiger partial charge is 0.262 e. The van der Waals surface area contributed by atoms with Crippen LogP contribution in [0.25, 0.3) is 6.08 Å². The largest absolute Gasteiger partial charge is 0.273 e. The molecule has 0 aliphatic carbocycles. The number of carbonyl (C=O) groups is 2. The zero-order valence-electron chi connectivity index (χ0n) is 13.1. The van der Waals surface area contributed by atoms with E-state index < -0.39 is 0 Å². The number of carbonyl (C=O) groups excluding carboxylic acids is 2. The Hall–Kier alpha value is -2.88. The second-order valence-corrected chi connectivity index (χ2v) is 5.27. The molecule has 0 aliphatic rings. The van der Waals surface area contributed by atoms with Gasteiger partial charge in [-0.25, -0.2) is 0 Å². The third-order valence-electron chi connectivity index (χ3n) is 3.31. The van der Waals surface area contributed by atoms with Crippen LogP contribution in [0.3, 0.4) is 0 Å². The first-order chi connectivity index (χ1) is 11.1. The summed E-state index contributed by atoms with van der Waals surface area (Å²) >= 11 is 0. The number of nitrogens with one attached hydrogen (secondary N) is 2. The van der Waals surface area contributed by atoms with Crippen LogP contribution in [0.4, 0.5) is 0 Å². The van der Waals surface area contributed by atoms with Gasteiger partial charge in [0.25, 0.3) is 5.91 Å². The van der Waals surface area contributed by atoms with Gasteiger partial charge in [-0.15, -0.1) is 0 Å². The molecule has 0 aromatic heterocycles. The summed E-state index contributed by atoms with van der Waals surface area (Å²) in [6, 6.07) is 17.5. The highest BCUT2D eigenvalue weighted by molar-refractivity contribution is 5.93. The van der Waals surface area contributed by atoms with Gasteiger partial charge in [-0.05, 0) is 30.5 Å². The molecule has 4 nitrogen and oxygen atoms in total. The van der Waals surface area contributed by atoms with Gasteiger partial charge < -0.3 is 0 Å². The minimum Gasteiger partial charge on any atom is -0.273 e. The molecule has 2 aromatic carbocycles. The van der Waals surface area contributed by atoms with Crippen molar-refractivity contribution >= 4 is 17.9 Å². The highest BCUT2D eigenvalue weighted by atomic mass is 16.2. The fourth-order valence-corrected chi connectivity index (χ4v) is 1.99. The molecule has 0 bridgehead atoms. The van der Waals surface area contributed by atoms with E-state index in [9.17, 15) is 9.59 Å². The molecule has 0 unspecified atom stereocenters. The van der Waals surface area contributed by atoms with Crippen molar-refractivity contribution in [1.29, 1.82) is 0 Å². The molecule has 0 saturated heterocycles. The Kier molecular flexibility index (Phi) is 6.12. The van der Waals surface area contributed by atoms with Gasteiger partial charge in [0.15, 0.2) is 0 Å². The van der Waals surface area contributed by atoms with E-state index in [1.54, 1.807) is 6.08 Å². The van der Waals surface area contributed by atoms with Crippen LogP contribution >= 0.6 is 0 Å². The Labute approximate surface area is 136 Å². The zero-order chi connectivity index (χ0) is 16.5. The number of aryl methyl sites for hydroxylation is 2. The van der Waals surface area contributed by atoms with E-state index in [0.29, 0.717) is 12.8 Å². The summed E-state index contributed by atoms with van der Waals surface area (Å²) in [5, 5.41) is 0. The average molecular weight is 308 g/mol. The van der Waals surface area contributed by atoms with Gasteiger partial charge in [-0.3, -0.25) is 20.4 Å². The predicted octanol–water partition coefficient (Wildman–Crippen LogP) is 2.79. The maximum Gasteiger partial charge on any atom is 0.262 e. The molecule has 0 heterocycles. The van der Waals surface area contributed by atoms with Gasteiger partial charge in [-0.2, -0.15) is 0 Å². The Bertz CT molecular complexity index is 676. The van der Waals surface area contributed by atoms with E-state index in [-0.39, 0.29) is 11.8 Å². The summed E-state index contributed by atoms with van der Waals surface area (Å²) in [4.78, 5) is 23.3. The van der Waals surface area contributed by atoms with Gasteiger partial charge in [-0.1, -0.05) is 60.2 Å². The highest BCUT2D eigenvalue weighted by Crippen LogP contribution is 2.04. The molecule has 2 amide bonds. The van der Waals surface area contributed by atoms with Crippen molar-refractivity contribution in [3.8, 4) is 0 Å². The number of hydrogen-bond donors (Lipinski definition) is 2. The minimum absolute atomic E-state index is 0.217. The van der Waals surface area contributed by atoms with E-state index >= 15 is 0 Å². The van der Waals surface area contributed by atoms with Crippen LogP contribution in [-0.2, 0) is 16.0 Å². The van der Waals surface area contributed by atoms with Gasteiger partial charge in [0.2, 0.25) is 5.91 Å². The van der Waals surface area contributed by atoms with Crippen molar-refractivity contribution < 1.29 is 9.59 Å². The Balaban J connectivity index is 1.71. The quantitative estimate of drug-likeness (QED) is 0.659. The molecule has 0 aliphatic heterocycles. The van der Waals surface area contributed by atoms with E-state index in [1.165, 1.54) is 6.08 Å². The zero-order valence-corrected chi connectivity index (χ0v) is 13.1. The summed E-state index contributed by atoms with van der Waals surface area (Å²) in [7, 11) is 0.